The van der Waals surface area contributed by atoms with Crippen molar-refractivity contribution >= 4 is 5.97 Å². The number of hydrogen-bond acceptors (Lipinski definition) is 1. The van der Waals surface area contributed by atoms with Crippen molar-refractivity contribution in [1.29, 1.82) is 0 Å². The van der Waals surface area contributed by atoms with Crippen molar-refractivity contribution in [2.45, 2.75) is 84.5 Å². The summed E-state index contributed by atoms with van der Waals surface area (Å²) in [6, 6.07) is 0. The number of rotatable bonds is 11. The van der Waals surface area contributed by atoms with Gasteiger partial charge in [0.15, 0.2) is 0 Å². The molecule has 2 heteroatoms. The Balaban J connectivity index is -0.000000410. The first-order valence-electron chi connectivity index (χ1n) is 7.95. The van der Waals surface area contributed by atoms with E-state index in [1.165, 1.54) is 70.6 Å². The number of aliphatic carboxylic acids is 1. The van der Waals surface area contributed by atoms with E-state index >= 15 is 0 Å². The predicted octanol–water partition coefficient (Wildman–Crippen LogP) is 6.38. The van der Waals surface area contributed by atoms with Crippen molar-refractivity contribution in [3.05, 3.63) is 25.8 Å². The molecule has 20 heavy (non-hydrogen) atoms. The second-order valence-electron chi connectivity index (χ2n) is 4.78. The first-order valence-corrected chi connectivity index (χ1v) is 7.95. The molecule has 0 amide bonds. The van der Waals surface area contributed by atoms with Crippen LogP contribution in [0.15, 0.2) is 25.8 Å². The Hall–Kier alpha value is -1.05. The van der Waals surface area contributed by atoms with Gasteiger partial charge in [0.05, 0.1) is 0 Å². The van der Waals surface area contributed by atoms with Crippen LogP contribution in [-0.2, 0) is 4.79 Å². The molecule has 0 saturated carbocycles. The molecule has 0 aliphatic carbocycles. The molecule has 1 N–H and O–H groups in total. The van der Waals surface area contributed by atoms with Crippen LogP contribution in [0.4, 0.5) is 0 Å². The van der Waals surface area contributed by atoms with Crippen LogP contribution >= 0.6 is 0 Å². The summed E-state index contributed by atoms with van der Waals surface area (Å²) in [6.45, 7) is 13.1. The van der Waals surface area contributed by atoms with Crippen molar-refractivity contribution in [3.63, 3.8) is 0 Å². The molecule has 0 unspecified atom stereocenters. The zero-order chi connectivity index (χ0) is 16.1. The third-order valence-corrected chi connectivity index (χ3v) is 2.76. The lowest BCUT2D eigenvalue weighted by Gasteiger charge is -2.00. The van der Waals surface area contributed by atoms with E-state index in [0.717, 1.165) is 6.92 Å². The number of unbranched alkanes of at least 4 members (excludes halogenated alkanes) is 10. The van der Waals surface area contributed by atoms with Gasteiger partial charge >= 0.3 is 0 Å². The largest absolute Gasteiger partial charge is 0.481 e. The van der Waals surface area contributed by atoms with Gasteiger partial charge < -0.3 is 5.11 Å². The topological polar surface area (TPSA) is 37.3 Å². The summed E-state index contributed by atoms with van der Waals surface area (Å²) in [5.41, 5.74) is 0. The van der Waals surface area contributed by atoms with Gasteiger partial charge in [-0.2, -0.15) is 0 Å². The lowest BCUT2D eigenvalue weighted by Crippen LogP contribution is -1.81. The quantitative estimate of drug-likeness (QED) is 0.353. The molecule has 0 aliphatic rings. The van der Waals surface area contributed by atoms with Crippen molar-refractivity contribution in [2.24, 2.45) is 0 Å². The van der Waals surface area contributed by atoms with Crippen molar-refractivity contribution in [2.75, 3.05) is 0 Å². The Kier molecular flexibility index (Phi) is 31.8. The Morgan fingerprint density at radius 1 is 0.900 bits per heavy atom. The third kappa shape index (κ3) is 43.6. The molecule has 0 aromatic rings. The van der Waals surface area contributed by atoms with Crippen LogP contribution in [0.5, 0.6) is 0 Å². The molecule has 120 valence electrons. The summed E-state index contributed by atoms with van der Waals surface area (Å²) >= 11 is 0. The van der Waals surface area contributed by atoms with E-state index in [0.29, 0.717) is 0 Å². The summed E-state index contributed by atoms with van der Waals surface area (Å²) in [4.78, 5) is 9.00. The second kappa shape index (κ2) is 26.5. The molecule has 0 bridgehead atoms. The van der Waals surface area contributed by atoms with E-state index in [9.17, 15) is 0 Å². The molecule has 0 radical (unpaired) electrons. The van der Waals surface area contributed by atoms with Crippen LogP contribution < -0.4 is 0 Å². The zero-order valence-corrected chi connectivity index (χ0v) is 13.8. The lowest BCUT2D eigenvalue weighted by atomic mass is 10.1. The number of carboxylic acids is 1. The fourth-order valence-electron chi connectivity index (χ4n) is 1.78. The Morgan fingerprint density at radius 2 is 1.20 bits per heavy atom. The van der Waals surface area contributed by atoms with Crippen LogP contribution in [0.2, 0.25) is 0 Å². The highest BCUT2D eigenvalue weighted by molar-refractivity contribution is 5.62. The zero-order valence-electron chi connectivity index (χ0n) is 13.8. The van der Waals surface area contributed by atoms with E-state index < -0.39 is 5.97 Å². The Labute approximate surface area is 127 Å². The van der Waals surface area contributed by atoms with Gasteiger partial charge in [0.2, 0.25) is 0 Å². The molecule has 0 atom stereocenters. The number of hydrogen-bond donors (Lipinski definition) is 1. The summed E-state index contributed by atoms with van der Waals surface area (Å²) in [5, 5.41) is 7.42. The predicted molar refractivity (Wildman–Crippen MR) is 91.2 cm³/mol. The van der Waals surface area contributed by atoms with E-state index in [2.05, 4.69) is 26.7 Å². The number of allylic oxidation sites excluding steroid dienone is 1. The van der Waals surface area contributed by atoms with Gasteiger partial charge in [-0.3, -0.25) is 4.79 Å². The average molecular weight is 284 g/mol. The maximum absolute atomic E-state index is 9.00. The number of carbonyl (C=O) groups is 1. The number of carboxylic acid groups (broad SMARTS) is 1. The van der Waals surface area contributed by atoms with Gasteiger partial charge in [0.1, 0.15) is 0 Å². The highest BCUT2D eigenvalue weighted by Crippen LogP contribution is 2.11. The van der Waals surface area contributed by atoms with E-state index in [1.54, 1.807) is 0 Å². The standard InChI is InChI=1S/C14H28.C2H4O2.C2H4/c1-3-5-7-9-11-13-14-12-10-8-6-4-2;1-2(3)4;1-2/h3H,1,4-14H2,2H3;1H3,(H,3,4);1-2H2. The molecule has 0 fully saturated rings. The van der Waals surface area contributed by atoms with E-state index in [-0.39, 0.29) is 0 Å². The van der Waals surface area contributed by atoms with Crippen molar-refractivity contribution in [3.8, 4) is 0 Å². The van der Waals surface area contributed by atoms with E-state index in [4.69, 9.17) is 9.90 Å². The third-order valence-electron chi connectivity index (χ3n) is 2.76. The Morgan fingerprint density at radius 3 is 1.50 bits per heavy atom. The van der Waals surface area contributed by atoms with Crippen LogP contribution in [0.25, 0.3) is 0 Å². The SMILES string of the molecule is C=C.C=CCCCCCCCCCCCC.CC(=O)O. The minimum absolute atomic E-state index is 0.833. The fraction of sp³-hybridized carbons (Fsp3) is 0.722. The smallest absolute Gasteiger partial charge is 0.300 e. The molecule has 2 nitrogen and oxygen atoms in total. The van der Waals surface area contributed by atoms with Gasteiger partial charge in [-0.05, 0) is 12.8 Å². The minimum atomic E-state index is -0.833. The average Bonchev–Trinajstić information content (AvgIpc) is 2.43. The first-order chi connectivity index (χ1) is 9.65. The summed E-state index contributed by atoms with van der Waals surface area (Å²) in [5.74, 6) is -0.833. The highest BCUT2D eigenvalue weighted by atomic mass is 16.4. The van der Waals surface area contributed by atoms with Crippen LogP contribution in [0.3, 0.4) is 0 Å². The maximum Gasteiger partial charge on any atom is 0.300 e. The monoisotopic (exact) mass is 284 g/mol. The highest BCUT2D eigenvalue weighted by Gasteiger charge is 1.91. The van der Waals surface area contributed by atoms with Crippen LogP contribution in [-0.4, -0.2) is 11.1 Å². The minimum Gasteiger partial charge on any atom is -0.481 e. The van der Waals surface area contributed by atoms with Crippen LogP contribution in [0.1, 0.15) is 84.5 Å². The van der Waals surface area contributed by atoms with Gasteiger partial charge in [0.25, 0.3) is 5.97 Å². The Bertz CT molecular complexity index is 184. The van der Waals surface area contributed by atoms with Crippen molar-refractivity contribution < 1.29 is 9.90 Å². The van der Waals surface area contributed by atoms with Gasteiger partial charge in [-0.15, -0.1) is 19.7 Å². The van der Waals surface area contributed by atoms with Crippen LogP contribution in [0, 0.1) is 0 Å². The molecule has 0 aromatic heterocycles. The normalized spacial score (nSPS) is 8.70. The molecule has 0 heterocycles. The van der Waals surface area contributed by atoms with E-state index in [1.807, 2.05) is 6.08 Å². The summed E-state index contributed by atoms with van der Waals surface area (Å²) in [7, 11) is 0. The van der Waals surface area contributed by atoms with Gasteiger partial charge in [-0.25, -0.2) is 0 Å². The summed E-state index contributed by atoms with van der Waals surface area (Å²) in [6.07, 6.45) is 17.5. The first kappa shape index (κ1) is 24.0. The molecule has 0 aromatic carbocycles. The maximum atomic E-state index is 9.00. The van der Waals surface area contributed by atoms with Crippen molar-refractivity contribution in [1.82, 2.24) is 0 Å². The molecular weight excluding hydrogens is 248 g/mol. The molecular formula is C18H36O2. The molecule has 0 spiro atoms. The second-order valence-corrected chi connectivity index (χ2v) is 4.78. The fourth-order valence-corrected chi connectivity index (χ4v) is 1.78. The molecule has 0 aliphatic heterocycles. The lowest BCUT2D eigenvalue weighted by molar-refractivity contribution is -0.134. The molecule has 0 saturated heterocycles. The summed E-state index contributed by atoms with van der Waals surface area (Å²) < 4.78 is 0. The van der Waals surface area contributed by atoms with Gasteiger partial charge in [0, 0.05) is 6.92 Å². The van der Waals surface area contributed by atoms with Gasteiger partial charge in [-0.1, -0.05) is 70.8 Å². The molecule has 0 rings (SSSR count).